The quantitative estimate of drug-likeness (QED) is 0.851. The van der Waals surface area contributed by atoms with Gasteiger partial charge in [0.2, 0.25) is 0 Å². The Bertz CT molecular complexity index is 572. The summed E-state index contributed by atoms with van der Waals surface area (Å²) in [5.41, 5.74) is 2.21. The van der Waals surface area contributed by atoms with Gasteiger partial charge in [-0.1, -0.05) is 23.7 Å². The Morgan fingerprint density at radius 2 is 2.00 bits per heavy atom. The van der Waals surface area contributed by atoms with Gasteiger partial charge in [-0.25, -0.2) is 0 Å². The van der Waals surface area contributed by atoms with Gasteiger partial charge in [0.15, 0.2) is 0 Å². The SMILES string of the molecule is CC(C)(C)NCc1occc1COCc1cccc(Cl)c1. The molecule has 0 fully saturated rings. The number of benzene rings is 1. The van der Waals surface area contributed by atoms with Crippen LogP contribution in [-0.2, 0) is 24.5 Å². The van der Waals surface area contributed by atoms with Gasteiger partial charge in [0, 0.05) is 16.1 Å². The summed E-state index contributed by atoms with van der Waals surface area (Å²) in [4.78, 5) is 0. The molecule has 114 valence electrons. The van der Waals surface area contributed by atoms with Crippen molar-refractivity contribution in [2.45, 2.75) is 46.1 Å². The molecule has 3 nitrogen and oxygen atoms in total. The minimum Gasteiger partial charge on any atom is -0.468 e. The molecule has 0 saturated carbocycles. The lowest BCUT2D eigenvalue weighted by molar-refractivity contribution is 0.105. The molecule has 21 heavy (non-hydrogen) atoms. The van der Waals surface area contributed by atoms with Gasteiger partial charge >= 0.3 is 0 Å². The molecule has 1 aromatic carbocycles. The maximum atomic E-state index is 5.95. The molecule has 0 aliphatic carbocycles. The zero-order chi connectivity index (χ0) is 15.3. The van der Waals surface area contributed by atoms with Crippen LogP contribution in [0.15, 0.2) is 41.0 Å². The number of halogens is 1. The summed E-state index contributed by atoms with van der Waals surface area (Å²) in [5, 5.41) is 4.14. The van der Waals surface area contributed by atoms with Gasteiger partial charge in [0.25, 0.3) is 0 Å². The molecule has 2 rings (SSSR count). The summed E-state index contributed by atoms with van der Waals surface area (Å²) >= 11 is 5.95. The molecule has 0 bridgehead atoms. The predicted molar refractivity (Wildman–Crippen MR) is 85.2 cm³/mol. The number of furan rings is 1. The third kappa shape index (κ3) is 5.54. The van der Waals surface area contributed by atoms with Crippen molar-refractivity contribution < 1.29 is 9.15 Å². The van der Waals surface area contributed by atoms with E-state index in [0.29, 0.717) is 19.8 Å². The van der Waals surface area contributed by atoms with Crippen molar-refractivity contribution in [1.29, 1.82) is 0 Å². The molecule has 0 unspecified atom stereocenters. The third-order valence-corrected chi connectivity index (χ3v) is 3.27. The van der Waals surface area contributed by atoms with E-state index in [-0.39, 0.29) is 5.54 Å². The summed E-state index contributed by atoms with van der Waals surface area (Å²) in [5.74, 6) is 0.927. The molecule has 0 amide bonds. The van der Waals surface area contributed by atoms with Gasteiger partial charge < -0.3 is 14.5 Å². The lowest BCUT2D eigenvalue weighted by Crippen LogP contribution is -2.35. The van der Waals surface area contributed by atoms with Gasteiger partial charge in [0.1, 0.15) is 5.76 Å². The maximum absolute atomic E-state index is 5.95. The second kappa shape index (κ2) is 7.12. The fourth-order valence-electron chi connectivity index (χ4n) is 1.90. The van der Waals surface area contributed by atoms with E-state index in [1.165, 1.54) is 0 Å². The zero-order valence-electron chi connectivity index (χ0n) is 12.8. The molecule has 1 N–H and O–H groups in total. The van der Waals surface area contributed by atoms with Gasteiger partial charge in [-0.2, -0.15) is 0 Å². The first-order chi connectivity index (χ1) is 9.94. The predicted octanol–water partition coefficient (Wildman–Crippen LogP) is 4.54. The fourth-order valence-corrected chi connectivity index (χ4v) is 2.11. The van der Waals surface area contributed by atoms with Crippen molar-refractivity contribution in [3.05, 3.63) is 58.5 Å². The molecular weight excluding hydrogens is 286 g/mol. The van der Waals surface area contributed by atoms with Crippen molar-refractivity contribution in [1.82, 2.24) is 5.32 Å². The molecule has 0 spiro atoms. The summed E-state index contributed by atoms with van der Waals surface area (Å²) in [6.07, 6.45) is 1.71. The maximum Gasteiger partial charge on any atom is 0.123 e. The molecule has 1 aromatic heterocycles. The third-order valence-electron chi connectivity index (χ3n) is 3.03. The topological polar surface area (TPSA) is 34.4 Å². The molecule has 0 atom stereocenters. The van der Waals surface area contributed by atoms with Crippen LogP contribution >= 0.6 is 11.6 Å². The number of hydrogen-bond donors (Lipinski definition) is 1. The monoisotopic (exact) mass is 307 g/mol. The van der Waals surface area contributed by atoms with Crippen molar-refractivity contribution >= 4 is 11.6 Å². The molecule has 0 radical (unpaired) electrons. The van der Waals surface area contributed by atoms with Crippen LogP contribution in [-0.4, -0.2) is 5.54 Å². The van der Waals surface area contributed by atoms with Crippen LogP contribution in [0.25, 0.3) is 0 Å². The van der Waals surface area contributed by atoms with Crippen LogP contribution in [0.1, 0.15) is 37.7 Å². The zero-order valence-corrected chi connectivity index (χ0v) is 13.5. The van der Waals surface area contributed by atoms with Crippen molar-refractivity contribution in [3.63, 3.8) is 0 Å². The summed E-state index contributed by atoms with van der Waals surface area (Å²) < 4.78 is 11.3. The smallest absolute Gasteiger partial charge is 0.123 e. The van der Waals surface area contributed by atoms with Crippen LogP contribution in [0.5, 0.6) is 0 Å². The Labute approximate surface area is 131 Å². The second-order valence-electron chi connectivity index (χ2n) is 6.10. The molecule has 0 aliphatic heterocycles. The fraction of sp³-hybridized carbons (Fsp3) is 0.412. The van der Waals surface area contributed by atoms with Gasteiger partial charge in [-0.15, -0.1) is 0 Å². The van der Waals surface area contributed by atoms with Gasteiger partial charge in [-0.3, -0.25) is 0 Å². The first-order valence-corrected chi connectivity index (χ1v) is 7.44. The van der Waals surface area contributed by atoms with E-state index in [1.54, 1.807) is 6.26 Å². The van der Waals surface area contributed by atoms with Crippen LogP contribution in [0.4, 0.5) is 0 Å². The first-order valence-electron chi connectivity index (χ1n) is 7.06. The Balaban J connectivity index is 1.85. The summed E-state index contributed by atoms with van der Waals surface area (Å²) in [7, 11) is 0. The highest BCUT2D eigenvalue weighted by Crippen LogP contribution is 2.16. The van der Waals surface area contributed by atoms with Crippen molar-refractivity contribution in [2.75, 3.05) is 0 Å². The lowest BCUT2D eigenvalue weighted by Gasteiger charge is -2.20. The van der Waals surface area contributed by atoms with E-state index in [0.717, 1.165) is 21.9 Å². The second-order valence-corrected chi connectivity index (χ2v) is 6.53. The summed E-state index contributed by atoms with van der Waals surface area (Å²) in [6.45, 7) is 8.16. The van der Waals surface area contributed by atoms with Crippen LogP contribution in [0.3, 0.4) is 0 Å². The molecule has 4 heteroatoms. The largest absolute Gasteiger partial charge is 0.468 e. The standard InChI is InChI=1S/C17H22ClNO2/c1-17(2,3)19-10-16-14(7-8-21-16)12-20-11-13-5-4-6-15(18)9-13/h4-9,19H,10-12H2,1-3H3. The van der Waals surface area contributed by atoms with E-state index >= 15 is 0 Å². The number of rotatable bonds is 6. The highest BCUT2D eigenvalue weighted by atomic mass is 35.5. The van der Waals surface area contributed by atoms with Crippen LogP contribution in [0, 0.1) is 0 Å². The first kappa shape index (κ1) is 16.1. The molecule has 1 heterocycles. The highest BCUT2D eigenvalue weighted by Gasteiger charge is 2.12. The van der Waals surface area contributed by atoms with E-state index in [4.69, 9.17) is 20.8 Å². The number of nitrogens with one attached hydrogen (secondary N) is 1. The van der Waals surface area contributed by atoms with Crippen molar-refractivity contribution in [2.24, 2.45) is 0 Å². The lowest BCUT2D eigenvalue weighted by atomic mass is 10.1. The Kier molecular flexibility index (Phi) is 5.45. The molecule has 0 saturated heterocycles. The summed E-state index contributed by atoms with van der Waals surface area (Å²) in [6, 6.07) is 9.66. The average molecular weight is 308 g/mol. The average Bonchev–Trinajstić information content (AvgIpc) is 2.83. The highest BCUT2D eigenvalue weighted by molar-refractivity contribution is 6.30. The van der Waals surface area contributed by atoms with Crippen LogP contribution < -0.4 is 5.32 Å². The molecular formula is C17H22ClNO2. The number of ether oxygens (including phenoxy) is 1. The molecule has 0 aliphatic rings. The Hall–Kier alpha value is -1.29. The van der Waals surface area contributed by atoms with E-state index in [2.05, 4.69) is 26.1 Å². The molecule has 2 aromatic rings. The van der Waals surface area contributed by atoms with E-state index in [1.807, 2.05) is 30.3 Å². The van der Waals surface area contributed by atoms with E-state index < -0.39 is 0 Å². The Morgan fingerprint density at radius 1 is 1.19 bits per heavy atom. The van der Waals surface area contributed by atoms with Gasteiger partial charge in [0.05, 0.1) is 26.0 Å². The van der Waals surface area contributed by atoms with Crippen LogP contribution in [0.2, 0.25) is 5.02 Å². The minimum absolute atomic E-state index is 0.0612. The van der Waals surface area contributed by atoms with Gasteiger partial charge in [-0.05, 0) is 44.5 Å². The van der Waals surface area contributed by atoms with Crippen molar-refractivity contribution in [3.8, 4) is 0 Å². The normalized spacial score (nSPS) is 11.8. The Morgan fingerprint density at radius 3 is 2.71 bits per heavy atom. The van der Waals surface area contributed by atoms with E-state index in [9.17, 15) is 0 Å². The number of hydrogen-bond acceptors (Lipinski definition) is 3. The minimum atomic E-state index is 0.0612.